The normalized spacial score (nSPS) is 15.4. The molecule has 172 valence electrons. The first-order valence-corrected chi connectivity index (χ1v) is 9.44. The summed E-state index contributed by atoms with van der Waals surface area (Å²) in [6, 6.07) is 14.7. The van der Waals surface area contributed by atoms with Crippen LogP contribution >= 0.6 is 0 Å². The van der Waals surface area contributed by atoms with Gasteiger partial charge in [0.15, 0.2) is 0 Å². The molecule has 0 fully saturated rings. The summed E-state index contributed by atoms with van der Waals surface area (Å²) in [5.74, 6) is -1.66. The molecule has 2 heterocycles. The number of anilines is 1. The van der Waals surface area contributed by atoms with Crippen molar-refractivity contribution >= 4 is 11.7 Å². The molecule has 2 N–H and O–H groups in total. The first-order chi connectivity index (χ1) is 15.5. The van der Waals surface area contributed by atoms with Crippen LogP contribution in [-0.2, 0) is 12.0 Å². The van der Waals surface area contributed by atoms with E-state index in [-0.39, 0.29) is 5.69 Å². The lowest BCUT2D eigenvalue weighted by Crippen LogP contribution is -2.59. The van der Waals surface area contributed by atoms with Crippen LogP contribution < -0.4 is 16.6 Å². The molecule has 1 aliphatic rings. The monoisotopic (exact) mass is 468 g/mol. The van der Waals surface area contributed by atoms with Gasteiger partial charge in [-0.1, -0.05) is 48.5 Å². The van der Waals surface area contributed by atoms with Gasteiger partial charge in [0.1, 0.15) is 17.2 Å². The fourth-order valence-electron chi connectivity index (χ4n) is 3.68. The summed E-state index contributed by atoms with van der Waals surface area (Å²) < 4.78 is 85.8. The maximum atomic E-state index is 14.2. The van der Waals surface area contributed by atoms with Crippen molar-refractivity contribution in [2.75, 3.05) is 5.32 Å². The molecule has 12 heteroatoms. The summed E-state index contributed by atoms with van der Waals surface area (Å²) >= 11 is 0. The van der Waals surface area contributed by atoms with Gasteiger partial charge >= 0.3 is 18.0 Å². The lowest BCUT2D eigenvalue weighted by atomic mass is 9.87. The number of fused-ring (bicyclic) bond motifs is 1. The van der Waals surface area contributed by atoms with E-state index in [1.165, 1.54) is 42.5 Å². The average Bonchev–Trinajstić information content (AvgIpc) is 2.73. The van der Waals surface area contributed by atoms with E-state index in [9.17, 15) is 35.9 Å². The number of aliphatic imine (C=N–C) groups is 1. The van der Waals surface area contributed by atoms with Crippen molar-refractivity contribution in [1.29, 1.82) is 0 Å². The number of rotatable bonds is 3. The van der Waals surface area contributed by atoms with E-state index in [0.717, 1.165) is 0 Å². The van der Waals surface area contributed by atoms with Gasteiger partial charge in [-0.3, -0.25) is 9.78 Å². The average molecular weight is 468 g/mol. The van der Waals surface area contributed by atoms with Gasteiger partial charge in [-0.2, -0.15) is 26.3 Å². The molecule has 1 aliphatic heterocycles. The van der Waals surface area contributed by atoms with Crippen molar-refractivity contribution in [3.8, 4) is 5.69 Å². The molecule has 6 nitrogen and oxygen atoms in total. The predicted molar refractivity (Wildman–Crippen MR) is 108 cm³/mol. The van der Waals surface area contributed by atoms with Crippen LogP contribution in [0.15, 0.2) is 75.2 Å². The number of aromatic nitrogens is 2. The van der Waals surface area contributed by atoms with Gasteiger partial charge < -0.3 is 5.32 Å². The largest absolute Gasteiger partial charge is 0.427 e. The third kappa shape index (κ3) is 3.60. The molecule has 0 saturated carbocycles. The highest BCUT2D eigenvalue weighted by Gasteiger charge is 2.75. The lowest BCUT2D eigenvalue weighted by Gasteiger charge is -2.38. The van der Waals surface area contributed by atoms with E-state index in [1.807, 2.05) is 0 Å². The molecule has 0 radical (unpaired) electrons. The molecule has 3 aromatic rings. The molecule has 33 heavy (non-hydrogen) atoms. The Labute approximate surface area is 181 Å². The molecule has 0 saturated heterocycles. The fraction of sp³-hybridized carbons (Fsp3) is 0.190. The highest BCUT2D eigenvalue weighted by molar-refractivity contribution is 5.99. The molecule has 0 spiro atoms. The molecule has 0 atom stereocenters. The van der Waals surface area contributed by atoms with Crippen molar-refractivity contribution in [3.05, 3.63) is 92.6 Å². The van der Waals surface area contributed by atoms with E-state index in [4.69, 9.17) is 0 Å². The van der Waals surface area contributed by atoms with Gasteiger partial charge in [0.2, 0.25) is 0 Å². The third-order valence-corrected chi connectivity index (χ3v) is 5.09. The molecular formula is C21H14F6N4O2. The minimum absolute atomic E-state index is 0.0540. The van der Waals surface area contributed by atoms with Crippen molar-refractivity contribution in [1.82, 2.24) is 9.55 Å². The highest BCUT2D eigenvalue weighted by Crippen LogP contribution is 2.55. The first kappa shape index (κ1) is 22.4. The SMILES string of the molecule is O=c1[nH]c(=O)n(-c2ccccc2)c2c1C(C(F)(F)F)(C(F)(F)F)N=C(Cc1ccccc1)N2. The summed E-state index contributed by atoms with van der Waals surface area (Å²) in [6.07, 6.45) is -12.5. The molecule has 0 amide bonds. The number of hydrogen-bond acceptors (Lipinski definition) is 4. The maximum Gasteiger partial charge on any atom is 0.427 e. The zero-order valence-electron chi connectivity index (χ0n) is 16.5. The number of benzene rings is 2. The first-order valence-electron chi connectivity index (χ1n) is 9.44. The second-order valence-corrected chi connectivity index (χ2v) is 7.21. The van der Waals surface area contributed by atoms with Crippen LogP contribution in [0.25, 0.3) is 5.69 Å². The minimum atomic E-state index is -6.05. The van der Waals surface area contributed by atoms with Crippen LogP contribution in [0.3, 0.4) is 0 Å². The number of H-pyrrole nitrogens is 1. The summed E-state index contributed by atoms with van der Waals surface area (Å²) in [7, 11) is 0. The number of halogens is 6. The summed E-state index contributed by atoms with van der Waals surface area (Å²) in [5.41, 5.74) is -9.39. The van der Waals surface area contributed by atoms with Gasteiger partial charge in [0.05, 0.1) is 5.69 Å². The quantitative estimate of drug-likeness (QED) is 0.573. The summed E-state index contributed by atoms with van der Waals surface area (Å²) in [5, 5.41) is 2.39. The Balaban J connectivity index is 2.10. The van der Waals surface area contributed by atoms with E-state index >= 15 is 0 Å². The molecule has 2 aromatic carbocycles. The van der Waals surface area contributed by atoms with Crippen LogP contribution in [0, 0.1) is 0 Å². The molecule has 0 aliphatic carbocycles. The number of aromatic amines is 1. The Kier molecular flexibility index (Phi) is 5.18. The Morgan fingerprint density at radius 2 is 1.39 bits per heavy atom. The number of nitrogens with one attached hydrogen (secondary N) is 2. The van der Waals surface area contributed by atoms with Crippen molar-refractivity contribution in [2.45, 2.75) is 24.3 Å². The van der Waals surface area contributed by atoms with Crippen LogP contribution in [-0.4, -0.2) is 27.7 Å². The smallest absolute Gasteiger partial charge is 0.329 e. The predicted octanol–water partition coefficient (Wildman–Crippen LogP) is 3.91. The second kappa shape index (κ2) is 7.64. The number of alkyl halides is 6. The molecule has 4 rings (SSSR count). The van der Waals surface area contributed by atoms with Crippen LogP contribution in [0.5, 0.6) is 0 Å². The summed E-state index contributed by atoms with van der Waals surface area (Å²) in [6.45, 7) is 0. The Morgan fingerprint density at radius 1 is 0.848 bits per heavy atom. The highest BCUT2D eigenvalue weighted by atomic mass is 19.4. The molecule has 1 aromatic heterocycles. The second-order valence-electron chi connectivity index (χ2n) is 7.21. The fourth-order valence-corrected chi connectivity index (χ4v) is 3.68. The standard InChI is InChI=1S/C21H14F6N4O2/c22-20(23,24)19(21(25,26)27)15-16(28-14(30-19)11-12-7-3-1-4-8-12)31(18(33)29-17(15)32)13-9-5-2-6-10-13/h1-10H,11H2,(H,28,30)(H,29,32,33). The molecular weight excluding hydrogens is 454 g/mol. The van der Waals surface area contributed by atoms with E-state index in [1.54, 1.807) is 23.2 Å². The Morgan fingerprint density at radius 3 is 1.94 bits per heavy atom. The lowest BCUT2D eigenvalue weighted by molar-refractivity contribution is -0.301. The van der Waals surface area contributed by atoms with Crippen molar-refractivity contribution in [3.63, 3.8) is 0 Å². The molecule has 0 bridgehead atoms. The van der Waals surface area contributed by atoms with Gasteiger partial charge in [0.25, 0.3) is 11.1 Å². The van der Waals surface area contributed by atoms with Crippen LogP contribution in [0.4, 0.5) is 32.2 Å². The maximum absolute atomic E-state index is 14.2. The van der Waals surface area contributed by atoms with E-state index in [0.29, 0.717) is 10.1 Å². The molecule has 0 unspecified atom stereocenters. The third-order valence-electron chi connectivity index (χ3n) is 5.09. The number of hydrogen-bond donors (Lipinski definition) is 2. The minimum Gasteiger partial charge on any atom is -0.329 e. The van der Waals surface area contributed by atoms with Crippen LogP contribution in [0.2, 0.25) is 0 Å². The van der Waals surface area contributed by atoms with Gasteiger partial charge in [0, 0.05) is 6.42 Å². The van der Waals surface area contributed by atoms with E-state index < -0.39 is 52.8 Å². The van der Waals surface area contributed by atoms with Gasteiger partial charge in [-0.15, -0.1) is 0 Å². The van der Waals surface area contributed by atoms with Gasteiger partial charge in [-0.25, -0.2) is 14.4 Å². The zero-order chi connectivity index (χ0) is 24.0. The number of para-hydroxylation sites is 1. The zero-order valence-corrected chi connectivity index (χ0v) is 16.5. The number of nitrogens with zero attached hydrogens (tertiary/aromatic N) is 2. The van der Waals surface area contributed by atoms with E-state index in [2.05, 4.69) is 10.3 Å². The Hall–Kier alpha value is -3.83. The Bertz CT molecular complexity index is 1310. The van der Waals surface area contributed by atoms with Gasteiger partial charge in [-0.05, 0) is 17.7 Å². The van der Waals surface area contributed by atoms with Crippen molar-refractivity contribution < 1.29 is 26.3 Å². The number of amidine groups is 1. The van der Waals surface area contributed by atoms with Crippen LogP contribution in [0.1, 0.15) is 11.1 Å². The van der Waals surface area contributed by atoms with Crippen molar-refractivity contribution in [2.24, 2.45) is 4.99 Å². The summed E-state index contributed by atoms with van der Waals surface area (Å²) in [4.78, 5) is 29.6. The topological polar surface area (TPSA) is 79.2 Å².